The molecule has 3 aliphatic heterocycles. The molecule has 3 aliphatic rings. The number of halogens is 1. The van der Waals surface area contributed by atoms with Crippen LogP contribution in [0, 0.1) is 11.3 Å². The van der Waals surface area contributed by atoms with Crippen LogP contribution < -0.4 is 15.1 Å². The number of nitrogens with one attached hydrogen (secondary N) is 2. The molecule has 2 unspecified atom stereocenters. The number of piperidine rings is 1. The number of esters is 1. The van der Waals surface area contributed by atoms with E-state index >= 15 is 0 Å². The summed E-state index contributed by atoms with van der Waals surface area (Å²) < 4.78 is 16.0. The Morgan fingerprint density at radius 2 is 1.76 bits per heavy atom. The third-order valence-corrected chi connectivity index (χ3v) is 7.91. The van der Waals surface area contributed by atoms with Gasteiger partial charge in [-0.15, -0.1) is 0 Å². The maximum Gasteiger partial charge on any atom is 0.414 e. The second-order valence-electron chi connectivity index (χ2n) is 10.1. The Labute approximate surface area is 243 Å². The molecule has 3 fully saturated rings. The van der Waals surface area contributed by atoms with Gasteiger partial charge in [-0.05, 0) is 62.2 Å². The molecule has 3 heterocycles. The van der Waals surface area contributed by atoms with Gasteiger partial charge in [0, 0.05) is 48.3 Å². The number of morpholine rings is 1. The van der Waals surface area contributed by atoms with E-state index in [4.69, 9.17) is 31.2 Å². The summed E-state index contributed by atoms with van der Waals surface area (Å²) in [5.74, 6) is -1.87. The lowest BCUT2D eigenvalue weighted by Crippen LogP contribution is -2.74. The van der Waals surface area contributed by atoms with E-state index in [9.17, 15) is 14.4 Å². The van der Waals surface area contributed by atoms with Crippen LogP contribution in [0.15, 0.2) is 48.5 Å². The number of hydrogen-bond acceptors (Lipinski definition) is 9. The monoisotopic (exact) mass is 583 g/mol. The fourth-order valence-electron chi connectivity index (χ4n) is 5.75. The van der Waals surface area contributed by atoms with Crippen molar-refractivity contribution in [3.05, 3.63) is 53.6 Å². The van der Waals surface area contributed by atoms with Crippen molar-refractivity contribution < 1.29 is 28.6 Å². The van der Waals surface area contributed by atoms with Gasteiger partial charge in [-0.3, -0.25) is 20.0 Å². The summed E-state index contributed by atoms with van der Waals surface area (Å²) in [6, 6.07) is 14.2. The van der Waals surface area contributed by atoms with E-state index in [-0.39, 0.29) is 24.8 Å². The van der Waals surface area contributed by atoms with E-state index in [0.717, 1.165) is 6.42 Å². The minimum absolute atomic E-state index is 0.122. The van der Waals surface area contributed by atoms with E-state index < -0.39 is 23.6 Å². The lowest BCUT2D eigenvalue weighted by Gasteiger charge is -2.53. The molecule has 218 valence electrons. The number of carbonyl (C=O) groups is 3. The normalized spacial score (nSPS) is 23.6. The molecule has 11 nitrogen and oxygen atoms in total. The second-order valence-corrected chi connectivity index (χ2v) is 10.5. The molecule has 0 bridgehead atoms. The van der Waals surface area contributed by atoms with E-state index in [0.29, 0.717) is 68.0 Å². The third-order valence-electron chi connectivity index (χ3n) is 7.68. The van der Waals surface area contributed by atoms with E-state index in [2.05, 4.69) is 5.32 Å². The van der Waals surface area contributed by atoms with Crippen LogP contribution in [0.1, 0.15) is 19.8 Å². The Balaban J connectivity index is 1.55. The second kappa shape index (κ2) is 12.5. The average Bonchev–Trinajstić information content (AvgIpc) is 2.99. The molecule has 41 heavy (non-hydrogen) atoms. The number of anilines is 3. The molecular formula is C29H34ClN5O6. The molecular weight excluding hydrogens is 550 g/mol. The van der Waals surface area contributed by atoms with Crippen LogP contribution in [0.4, 0.5) is 21.9 Å². The lowest BCUT2D eigenvalue weighted by molar-refractivity contribution is -0.139. The van der Waals surface area contributed by atoms with Crippen LogP contribution in [0.25, 0.3) is 0 Å². The summed E-state index contributed by atoms with van der Waals surface area (Å²) in [5, 5.41) is 12.8. The van der Waals surface area contributed by atoms with Gasteiger partial charge in [0.2, 0.25) is 0 Å². The molecule has 3 saturated heterocycles. The van der Waals surface area contributed by atoms with Crippen LogP contribution in [0.3, 0.4) is 0 Å². The molecule has 2 aromatic carbocycles. The van der Waals surface area contributed by atoms with E-state index in [1.165, 1.54) is 0 Å². The molecule has 0 spiro atoms. The number of benzene rings is 2. The molecule has 2 N–H and O–H groups in total. The van der Waals surface area contributed by atoms with E-state index in [1.807, 2.05) is 4.90 Å². The Morgan fingerprint density at radius 3 is 2.41 bits per heavy atom. The van der Waals surface area contributed by atoms with Crippen molar-refractivity contribution in [3.63, 3.8) is 0 Å². The zero-order valence-electron chi connectivity index (χ0n) is 22.9. The summed E-state index contributed by atoms with van der Waals surface area (Å²) >= 11 is 6.31. The minimum atomic E-state index is -1.49. The average molecular weight is 584 g/mol. The number of nitrogens with zero attached hydrogens (tertiary/aromatic N) is 3. The SMILES string of the molecule is CCOC(=O)C(=N)C1CCN(c2ccc(N3CCCOC3=O)cc2)C(=O)C1(Nc1cccc(Cl)c1)N1CCOCC1. The van der Waals surface area contributed by atoms with Gasteiger partial charge in [-0.2, -0.15) is 0 Å². The molecule has 0 radical (unpaired) electrons. The first kappa shape index (κ1) is 28.8. The Morgan fingerprint density at radius 1 is 1.05 bits per heavy atom. The molecule has 0 aromatic heterocycles. The Bertz CT molecular complexity index is 1300. The Hall–Kier alpha value is -3.67. The molecule has 0 saturated carbocycles. The lowest BCUT2D eigenvalue weighted by atomic mass is 9.78. The third kappa shape index (κ3) is 5.74. The zero-order valence-corrected chi connectivity index (χ0v) is 23.7. The summed E-state index contributed by atoms with van der Waals surface area (Å²) in [6.45, 7) is 4.66. The van der Waals surface area contributed by atoms with Crippen molar-refractivity contribution in [2.45, 2.75) is 25.4 Å². The molecule has 0 aliphatic carbocycles. The largest absolute Gasteiger partial charge is 0.462 e. The van der Waals surface area contributed by atoms with Gasteiger partial charge in [0.25, 0.3) is 5.91 Å². The zero-order chi connectivity index (χ0) is 29.0. The van der Waals surface area contributed by atoms with Gasteiger partial charge >= 0.3 is 12.1 Å². The molecule has 12 heteroatoms. The fourth-order valence-corrected chi connectivity index (χ4v) is 5.94. The predicted octanol–water partition coefficient (Wildman–Crippen LogP) is 3.76. The first-order chi connectivity index (χ1) is 19.8. The topological polar surface area (TPSA) is 124 Å². The highest BCUT2D eigenvalue weighted by atomic mass is 35.5. The standard InChI is InChI=1S/C29H34ClN5O6/c1-2-40-26(36)25(31)24-11-13-34(22-7-9-23(10-8-22)35-12-4-16-41-28(35)38)27(37)29(24,33-14-17-39-18-15-33)32-21-6-3-5-20(30)19-21/h3,5-10,19,24,31-32H,2,4,11-18H2,1H3. The Kier molecular flexibility index (Phi) is 8.77. The van der Waals surface area contributed by atoms with Gasteiger partial charge in [-0.25, -0.2) is 9.59 Å². The van der Waals surface area contributed by atoms with Crippen molar-refractivity contribution in [2.75, 3.05) is 67.7 Å². The molecule has 2 amide bonds. The minimum Gasteiger partial charge on any atom is -0.462 e. The molecule has 5 rings (SSSR count). The van der Waals surface area contributed by atoms with Crippen molar-refractivity contribution in [3.8, 4) is 0 Å². The van der Waals surface area contributed by atoms with Crippen LogP contribution in [0.2, 0.25) is 5.02 Å². The molecule has 2 aromatic rings. The quantitative estimate of drug-likeness (QED) is 0.355. The predicted molar refractivity (Wildman–Crippen MR) is 155 cm³/mol. The van der Waals surface area contributed by atoms with Gasteiger partial charge in [-0.1, -0.05) is 17.7 Å². The maximum atomic E-state index is 14.8. The van der Waals surface area contributed by atoms with Crippen molar-refractivity contribution in [1.29, 1.82) is 5.41 Å². The number of hydrogen-bond donors (Lipinski definition) is 2. The maximum absolute atomic E-state index is 14.8. The first-order valence-electron chi connectivity index (χ1n) is 13.8. The van der Waals surface area contributed by atoms with Crippen LogP contribution in [-0.4, -0.2) is 86.9 Å². The highest BCUT2D eigenvalue weighted by Gasteiger charge is 2.58. The van der Waals surface area contributed by atoms with Crippen LogP contribution in [0.5, 0.6) is 0 Å². The van der Waals surface area contributed by atoms with Crippen molar-refractivity contribution in [1.82, 2.24) is 4.90 Å². The number of ether oxygens (including phenoxy) is 3. The smallest absolute Gasteiger partial charge is 0.414 e. The van der Waals surface area contributed by atoms with Gasteiger partial charge in [0.05, 0.1) is 32.3 Å². The summed E-state index contributed by atoms with van der Waals surface area (Å²) in [4.78, 5) is 45.1. The van der Waals surface area contributed by atoms with E-state index in [1.54, 1.807) is 65.3 Å². The number of rotatable bonds is 8. The summed E-state index contributed by atoms with van der Waals surface area (Å²) in [7, 11) is 0. The number of amides is 2. The number of cyclic esters (lactones) is 1. The first-order valence-corrected chi connectivity index (χ1v) is 14.2. The van der Waals surface area contributed by atoms with Crippen molar-refractivity contribution in [2.24, 2.45) is 5.92 Å². The van der Waals surface area contributed by atoms with Gasteiger partial charge in [0.1, 0.15) is 5.71 Å². The van der Waals surface area contributed by atoms with Crippen molar-refractivity contribution >= 4 is 52.3 Å². The summed E-state index contributed by atoms with van der Waals surface area (Å²) in [6.07, 6.45) is 0.674. The highest BCUT2D eigenvalue weighted by molar-refractivity contribution is 6.37. The summed E-state index contributed by atoms with van der Waals surface area (Å²) in [5.41, 5.74) is 0.142. The molecule has 2 atom stereocenters. The number of carbonyl (C=O) groups excluding carboxylic acids is 3. The van der Waals surface area contributed by atoms with Gasteiger partial charge in [0.15, 0.2) is 5.66 Å². The highest BCUT2D eigenvalue weighted by Crippen LogP contribution is 2.40. The fraction of sp³-hybridized carbons (Fsp3) is 0.448. The van der Waals surface area contributed by atoms with Crippen LogP contribution in [-0.2, 0) is 23.8 Å². The van der Waals surface area contributed by atoms with Crippen LogP contribution >= 0.6 is 11.6 Å². The van der Waals surface area contributed by atoms with Gasteiger partial charge < -0.3 is 24.4 Å².